The minimum atomic E-state index is -0.189. The Balaban J connectivity index is 1.25. The van der Waals surface area contributed by atoms with E-state index in [2.05, 4.69) is 40.5 Å². The van der Waals surface area contributed by atoms with Crippen molar-refractivity contribution in [2.45, 2.75) is 26.8 Å². The van der Waals surface area contributed by atoms with Crippen LogP contribution in [0, 0.1) is 25.7 Å². The maximum atomic E-state index is 12.8. The topological polar surface area (TPSA) is 52.7 Å². The molecule has 0 radical (unpaired) electrons. The van der Waals surface area contributed by atoms with Crippen LogP contribution in [0.15, 0.2) is 48.5 Å². The van der Waals surface area contributed by atoms with Gasteiger partial charge in [0.15, 0.2) is 0 Å². The van der Waals surface area contributed by atoms with Gasteiger partial charge in [-0.3, -0.25) is 14.5 Å². The first-order valence-corrected chi connectivity index (χ1v) is 10.4. The number of piperazine rings is 1. The number of anilines is 1. The first kappa shape index (κ1) is 19.6. The molecule has 2 fully saturated rings. The van der Waals surface area contributed by atoms with Crippen molar-refractivity contribution in [1.29, 1.82) is 0 Å². The lowest BCUT2D eigenvalue weighted by Gasteiger charge is -2.35. The predicted octanol–water partition coefficient (Wildman–Crippen LogP) is 3.22. The van der Waals surface area contributed by atoms with E-state index in [4.69, 9.17) is 0 Å². The fourth-order valence-corrected chi connectivity index (χ4v) is 4.14. The summed E-state index contributed by atoms with van der Waals surface area (Å²) in [5.41, 5.74) is 4.37. The van der Waals surface area contributed by atoms with Gasteiger partial charge in [0.05, 0.1) is 11.8 Å². The molecule has 2 aromatic rings. The normalized spacial score (nSPS) is 21.7. The van der Waals surface area contributed by atoms with E-state index in [0.717, 1.165) is 44.0 Å². The Hall–Kier alpha value is -2.66. The first-order valence-electron chi connectivity index (χ1n) is 10.4. The van der Waals surface area contributed by atoms with Gasteiger partial charge in [-0.2, -0.15) is 0 Å². The van der Waals surface area contributed by atoms with Gasteiger partial charge in [-0.25, -0.2) is 0 Å². The highest BCUT2D eigenvalue weighted by molar-refractivity contribution is 6.00. The summed E-state index contributed by atoms with van der Waals surface area (Å²) in [7, 11) is 0. The van der Waals surface area contributed by atoms with E-state index in [1.807, 2.05) is 36.9 Å². The summed E-state index contributed by atoms with van der Waals surface area (Å²) in [6.45, 7) is 8.20. The van der Waals surface area contributed by atoms with Gasteiger partial charge in [-0.05, 0) is 37.5 Å². The molecule has 1 aliphatic heterocycles. The van der Waals surface area contributed by atoms with E-state index in [1.54, 1.807) is 0 Å². The van der Waals surface area contributed by atoms with Crippen LogP contribution < -0.4 is 5.32 Å². The molecule has 5 nitrogen and oxygen atoms in total. The van der Waals surface area contributed by atoms with Gasteiger partial charge in [-0.1, -0.05) is 48.0 Å². The predicted molar refractivity (Wildman–Crippen MR) is 114 cm³/mol. The lowest BCUT2D eigenvalue weighted by Crippen LogP contribution is -2.49. The number of hydrogen-bond donors (Lipinski definition) is 1. The number of nitrogens with one attached hydrogen (secondary N) is 1. The number of carbonyl (C=O) groups is 2. The van der Waals surface area contributed by atoms with Gasteiger partial charge in [0.25, 0.3) is 0 Å². The summed E-state index contributed by atoms with van der Waals surface area (Å²) in [4.78, 5) is 29.7. The number of benzene rings is 2. The zero-order valence-corrected chi connectivity index (χ0v) is 17.2. The minimum Gasteiger partial charge on any atom is -0.340 e. The second-order valence-corrected chi connectivity index (χ2v) is 8.34. The Bertz CT molecular complexity index is 888. The number of amides is 2. The lowest BCUT2D eigenvalue weighted by atomic mass is 10.1. The first-order chi connectivity index (χ1) is 14.0. The molecular weight excluding hydrogens is 362 g/mol. The van der Waals surface area contributed by atoms with Crippen molar-refractivity contribution < 1.29 is 9.59 Å². The monoisotopic (exact) mass is 391 g/mol. The molecule has 1 aliphatic carbocycles. The summed E-state index contributed by atoms with van der Waals surface area (Å²) in [6.07, 6.45) is 0.666. The standard InChI is InChI=1S/C24H29N3O2/c1-17-8-9-22(18(2)14-17)25-23(28)20-15-21(20)24(29)27-12-10-26(11-13-27)16-19-6-4-3-5-7-19/h3-9,14,20-21H,10-13,15-16H2,1-2H3,(H,25,28). The van der Waals surface area contributed by atoms with Gasteiger partial charge >= 0.3 is 0 Å². The van der Waals surface area contributed by atoms with Crippen molar-refractivity contribution in [2.75, 3.05) is 31.5 Å². The number of aryl methyl sites for hydroxylation is 2. The van der Waals surface area contributed by atoms with Crippen LogP contribution in [0.3, 0.4) is 0 Å². The third kappa shape index (κ3) is 4.67. The molecule has 1 saturated carbocycles. The Morgan fingerprint density at radius 2 is 1.69 bits per heavy atom. The average Bonchev–Trinajstić information content (AvgIpc) is 3.52. The van der Waals surface area contributed by atoms with Gasteiger partial charge < -0.3 is 10.2 Å². The van der Waals surface area contributed by atoms with Crippen molar-refractivity contribution in [3.8, 4) is 0 Å². The van der Waals surface area contributed by atoms with Crippen LogP contribution >= 0.6 is 0 Å². The molecule has 2 aromatic carbocycles. The summed E-state index contributed by atoms with van der Waals surface area (Å²) >= 11 is 0. The van der Waals surface area contributed by atoms with E-state index >= 15 is 0 Å². The van der Waals surface area contributed by atoms with Crippen molar-refractivity contribution in [3.63, 3.8) is 0 Å². The molecule has 2 amide bonds. The van der Waals surface area contributed by atoms with Gasteiger partial charge in [0, 0.05) is 38.4 Å². The Morgan fingerprint density at radius 3 is 2.38 bits per heavy atom. The molecular formula is C24H29N3O2. The number of hydrogen-bond acceptors (Lipinski definition) is 3. The summed E-state index contributed by atoms with van der Waals surface area (Å²) < 4.78 is 0. The molecule has 1 saturated heterocycles. The van der Waals surface area contributed by atoms with Crippen LogP contribution in [0.25, 0.3) is 0 Å². The molecule has 2 unspecified atom stereocenters. The molecule has 4 rings (SSSR count). The van der Waals surface area contributed by atoms with E-state index < -0.39 is 0 Å². The van der Waals surface area contributed by atoms with Crippen molar-refractivity contribution in [3.05, 3.63) is 65.2 Å². The molecule has 1 N–H and O–H groups in total. The van der Waals surface area contributed by atoms with Crippen molar-refractivity contribution in [2.24, 2.45) is 11.8 Å². The summed E-state index contributed by atoms with van der Waals surface area (Å²) in [5, 5.41) is 3.00. The molecule has 0 aromatic heterocycles. The van der Waals surface area contributed by atoms with Crippen molar-refractivity contribution in [1.82, 2.24) is 9.80 Å². The molecule has 5 heteroatoms. The number of rotatable bonds is 5. The van der Waals surface area contributed by atoms with E-state index in [9.17, 15) is 9.59 Å². The highest BCUT2D eigenvalue weighted by atomic mass is 16.2. The van der Waals surface area contributed by atoms with Crippen molar-refractivity contribution >= 4 is 17.5 Å². The van der Waals surface area contributed by atoms with Crippen LogP contribution in [0.2, 0.25) is 0 Å². The highest BCUT2D eigenvalue weighted by Gasteiger charge is 2.49. The Labute approximate surface area is 172 Å². The van der Waals surface area contributed by atoms with Crippen LogP contribution in [0.4, 0.5) is 5.69 Å². The highest BCUT2D eigenvalue weighted by Crippen LogP contribution is 2.41. The SMILES string of the molecule is Cc1ccc(NC(=O)C2CC2C(=O)N2CCN(Cc3ccccc3)CC2)c(C)c1. The zero-order chi connectivity index (χ0) is 20.4. The number of nitrogens with zero attached hydrogens (tertiary/aromatic N) is 2. The van der Waals surface area contributed by atoms with Gasteiger partial charge in [0.1, 0.15) is 0 Å². The Morgan fingerprint density at radius 1 is 0.966 bits per heavy atom. The van der Waals surface area contributed by atoms with Crippen LogP contribution in [0.5, 0.6) is 0 Å². The fourth-order valence-electron chi connectivity index (χ4n) is 4.14. The minimum absolute atomic E-state index is 0.0296. The second-order valence-electron chi connectivity index (χ2n) is 8.34. The average molecular weight is 392 g/mol. The Kier molecular flexibility index (Phi) is 5.67. The molecule has 1 heterocycles. The smallest absolute Gasteiger partial charge is 0.228 e. The van der Waals surface area contributed by atoms with E-state index in [-0.39, 0.29) is 23.7 Å². The molecule has 2 aliphatic rings. The van der Waals surface area contributed by atoms with E-state index in [1.165, 1.54) is 11.1 Å². The second kappa shape index (κ2) is 8.37. The zero-order valence-electron chi connectivity index (χ0n) is 17.2. The van der Waals surface area contributed by atoms with Crippen LogP contribution in [0.1, 0.15) is 23.1 Å². The fraction of sp³-hybridized carbons (Fsp3) is 0.417. The molecule has 152 valence electrons. The summed E-state index contributed by atoms with van der Waals surface area (Å²) in [6, 6.07) is 16.4. The molecule has 0 spiro atoms. The van der Waals surface area contributed by atoms with E-state index in [0.29, 0.717) is 6.42 Å². The number of carbonyl (C=O) groups excluding carboxylic acids is 2. The maximum Gasteiger partial charge on any atom is 0.228 e. The van der Waals surface area contributed by atoms with Gasteiger partial charge in [-0.15, -0.1) is 0 Å². The molecule has 29 heavy (non-hydrogen) atoms. The lowest BCUT2D eigenvalue weighted by molar-refractivity contribution is -0.135. The third-order valence-electron chi connectivity index (χ3n) is 6.02. The maximum absolute atomic E-state index is 12.8. The van der Waals surface area contributed by atoms with Crippen LogP contribution in [-0.2, 0) is 16.1 Å². The third-order valence-corrected chi connectivity index (χ3v) is 6.02. The summed E-state index contributed by atoms with van der Waals surface area (Å²) in [5.74, 6) is -0.227. The molecule has 0 bridgehead atoms. The molecule has 2 atom stereocenters. The largest absolute Gasteiger partial charge is 0.340 e. The quantitative estimate of drug-likeness (QED) is 0.851. The van der Waals surface area contributed by atoms with Crippen LogP contribution in [-0.4, -0.2) is 47.8 Å². The van der Waals surface area contributed by atoms with Gasteiger partial charge in [0.2, 0.25) is 11.8 Å².